The lowest BCUT2D eigenvalue weighted by molar-refractivity contribution is -0.361. The van der Waals surface area contributed by atoms with Gasteiger partial charge in [-0.15, -0.1) is 0 Å². The predicted molar refractivity (Wildman–Crippen MR) is 86.3 cm³/mol. The molecule has 0 saturated carbocycles. The number of nitrogens with one attached hydrogen (secondary N) is 1. The highest BCUT2D eigenvalue weighted by Crippen LogP contribution is 2.45. The average molecular weight is 394 g/mol. The molecule has 0 fully saturated rings. The van der Waals surface area contributed by atoms with Gasteiger partial charge in [-0.3, -0.25) is 0 Å². The van der Waals surface area contributed by atoms with Crippen molar-refractivity contribution in [3.8, 4) is 5.75 Å². The van der Waals surface area contributed by atoms with Gasteiger partial charge in [0.2, 0.25) is 0 Å². The van der Waals surface area contributed by atoms with E-state index in [9.17, 15) is 30.7 Å². The van der Waals surface area contributed by atoms with E-state index >= 15 is 0 Å². The zero-order valence-corrected chi connectivity index (χ0v) is 13.5. The molecule has 2 rings (SSSR count). The van der Waals surface area contributed by atoms with Gasteiger partial charge in [-0.05, 0) is 16.8 Å². The van der Waals surface area contributed by atoms with Crippen molar-refractivity contribution >= 4 is 17.0 Å². The van der Waals surface area contributed by atoms with Crippen LogP contribution in [0.1, 0.15) is 5.56 Å². The van der Waals surface area contributed by atoms with E-state index in [0.29, 0.717) is 22.4 Å². The molecular formula is C17H13F7N2O. The summed E-state index contributed by atoms with van der Waals surface area (Å²) >= 11 is 0. The summed E-state index contributed by atoms with van der Waals surface area (Å²) in [6, 6.07) is 4.08. The van der Waals surface area contributed by atoms with Gasteiger partial charge in [0.15, 0.2) is 0 Å². The van der Waals surface area contributed by atoms with E-state index in [2.05, 4.69) is 11.7 Å². The van der Waals surface area contributed by atoms with E-state index < -0.39 is 18.1 Å². The molecule has 0 atom stereocenters. The van der Waals surface area contributed by atoms with E-state index in [1.165, 1.54) is 12.1 Å². The quantitative estimate of drug-likeness (QED) is 0.233. The number of benzene rings is 2. The minimum absolute atomic E-state index is 0.0505. The van der Waals surface area contributed by atoms with Gasteiger partial charge in [0, 0.05) is 5.56 Å². The molecule has 0 unspecified atom stereocenters. The van der Waals surface area contributed by atoms with Gasteiger partial charge in [-0.25, -0.2) is 5.43 Å². The van der Waals surface area contributed by atoms with E-state index in [1.807, 2.05) is 0 Å². The van der Waals surface area contributed by atoms with Crippen molar-refractivity contribution in [1.29, 1.82) is 0 Å². The summed E-state index contributed by atoms with van der Waals surface area (Å²) in [5, 5.41) is 4.02. The number of hydrazone groups is 1. The summed E-state index contributed by atoms with van der Waals surface area (Å²) in [5.74, 6) is -6.15. The Morgan fingerprint density at radius 2 is 1.67 bits per heavy atom. The molecule has 27 heavy (non-hydrogen) atoms. The molecule has 0 aliphatic heterocycles. The highest BCUT2D eigenvalue weighted by atomic mass is 19.4. The Balaban J connectivity index is 2.38. The SMILES string of the molecule is C=CCOc1ccc2ccccc2c1/C=N\NC(F)(F)C(F)(F)C(F)(F)F. The predicted octanol–water partition coefficient (Wildman–Crippen LogP) is 5.12. The van der Waals surface area contributed by atoms with E-state index in [-0.39, 0.29) is 17.9 Å². The van der Waals surface area contributed by atoms with Crippen LogP contribution in [0.15, 0.2) is 54.2 Å². The number of fused-ring (bicyclic) bond motifs is 1. The smallest absolute Gasteiger partial charge is 0.462 e. The van der Waals surface area contributed by atoms with Crippen molar-refractivity contribution in [1.82, 2.24) is 5.43 Å². The maximum Gasteiger partial charge on any atom is 0.462 e. The van der Waals surface area contributed by atoms with Gasteiger partial charge in [-0.2, -0.15) is 35.8 Å². The molecule has 0 aliphatic rings. The maximum absolute atomic E-state index is 13.3. The lowest BCUT2D eigenvalue weighted by Crippen LogP contribution is -2.58. The average Bonchev–Trinajstić information content (AvgIpc) is 2.59. The van der Waals surface area contributed by atoms with Crippen LogP contribution >= 0.6 is 0 Å². The summed E-state index contributed by atoms with van der Waals surface area (Å²) in [6.45, 7) is 3.50. The third kappa shape index (κ3) is 4.15. The summed E-state index contributed by atoms with van der Waals surface area (Å²) in [4.78, 5) is 0. The Kier molecular flexibility index (Phi) is 5.67. The molecule has 0 heterocycles. The Bertz CT molecular complexity index is 847. The second kappa shape index (κ2) is 7.45. The van der Waals surface area contributed by atoms with Crippen LogP contribution in [0.5, 0.6) is 5.75 Å². The van der Waals surface area contributed by atoms with Crippen molar-refractivity contribution < 1.29 is 35.5 Å². The fourth-order valence-electron chi connectivity index (χ4n) is 2.11. The number of halogens is 7. The number of ether oxygens (including phenoxy) is 1. The first kappa shape index (κ1) is 20.5. The minimum Gasteiger partial charge on any atom is -0.489 e. The van der Waals surface area contributed by atoms with Gasteiger partial charge in [0.25, 0.3) is 0 Å². The third-order valence-electron chi connectivity index (χ3n) is 3.44. The first-order chi connectivity index (χ1) is 12.5. The summed E-state index contributed by atoms with van der Waals surface area (Å²) in [7, 11) is 0. The Labute approximate surface area is 149 Å². The molecule has 0 radical (unpaired) electrons. The van der Waals surface area contributed by atoms with Gasteiger partial charge in [0.05, 0.1) is 6.21 Å². The first-order valence-corrected chi connectivity index (χ1v) is 7.39. The molecule has 146 valence electrons. The van der Waals surface area contributed by atoms with Crippen molar-refractivity contribution in [3.05, 3.63) is 54.6 Å². The fourth-order valence-corrected chi connectivity index (χ4v) is 2.11. The van der Waals surface area contributed by atoms with Crippen LogP contribution in [-0.2, 0) is 0 Å². The van der Waals surface area contributed by atoms with Crippen LogP contribution in [0.4, 0.5) is 30.7 Å². The Morgan fingerprint density at radius 3 is 2.30 bits per heavy atom. The second-order valence-corrected chi connectivity index (χ2v) is 5.31. The van der Waals surface area contributed by atoms with Crippen molar-refractivity contribution in [2.24, 2.45) is 5.10 Å². The summed E-state index contributed by atoms with van der Waals surface area (Å²) in [5.41, 5.74) is 0.712. The fraction of sp³-hybridized carbons (Fsp3) is 0.235. The molecule has 0 aromatic heterocycles. The number of hydrogen-bond donors (Lipinski definition) is 1. The molecule has 0 saturated heterocycles. The van der Waals surface area contributed by atoms with Gasteiger partial charge in [-0.1, -0.05) is 43.0 Å². The topological polar surface area (TPSA) is 33.6 Å². The lowest BCUT2D eigenvalue weighted by atomic mass is 10.0. The number of hydrogen-bond acceptors (Lipinski definition) is 3. The number of nitrogens with zero attached hydrogens (tertiary/aromatic N) is 1. The van der Waals surface area contributed by atoms with Crippen LogP contribution in [0.25, 0.3) is 10.8 Å². The Morgan fingerprint density at radius 1 is 1.00 bits per heavy atom. The zero-order valence-electron chi connectivity index (χ0n) is 13.5. The molecule has 2 aromatic rings. The van der Waals surface area contributed by atoms with Crippen LogP contribution in [0, 0.1) is 0 Å². The van der Waals surface area contributed by atoms with Crippen LogP contribution < -0.4 is 10.2 Å². The monoisotopic (exact) mass is 394 g/mol. The molecule has 2 aromatic carbocycles. The molecular weight excluding hydrogens is 381 g/mol. The summed E-state index contributed by atoms with van der Waals surface area (Å²) in [6.07, 6.45) is -4.34. The number of alkyl halides is 7. The highest BCUT2D eigenvalue weighted by molar-refractivity contribution is 6.02. The van der Waals surface area contributed by atoms with Crippen LogP contribution in [0.3, 0.4) is 0 Å². The van der Waals surface area contributed by atoms with Gasteiger partial charge >= 0.3 is 18.1 Å². The van der Waals surface area contributed by atoms with Gasteiger partial charge < -0.3 is 4.74 Å². The Hall–Kier alpha value is -2.78. The standard InChI is InChI=1S/C17H13F7N2O/c1-2-9-27-14-8-7-11-5-3-4-6-12(11)13(14)10-25-26-17(23,24)15(18,19)16(20,21)22/h2-8,10,26H,1,9H2/b25-10-. The molecule has 3 nitrogen and oxygen atoms in total. The molecule has 10 heteroatoms. The minimum atomic E-state index is -6.45. The van der Waals surface area contributed by atoms with E-state index in [1.54, 1.807) is 30.3 Å². The lowest BCUT2D eigenvalue weighted by Gasteiger charge is -2.27. The van der Waals surface area contributed by atoms with Crippen molar-refractivity contribution in [3.63, 3.8) is 0 Å². The van der Waals surface area contributed by atoms with E-state index in [0.717, 1.165) is 0 Å². The molecule has 0 aliphatic carbocycles. The van der Waals surface area contributed by atoms with E-state index in [4.69, 9.17) is 4.74 Å². The molecule has 0 bridgehead atoms. The largest absolute Gasteiger partial charge is 0.489 e. The second-order valence-electron chi connectivity index (χ2n) is 5.31. The molecule has 1 N–H and O–H groups in total. The van der Waals surface area contributed by atoms with Gasteiger partial charge in [0.1, 0.15) is 12.4 Å². The van der Waals surface area contributed by atoms with Crippen molar-refractivity contribution in [2.75, 3.05) is 6.61 Å². The normalized spacial score (nSPS) is 13.1. The maximum atomic E-state index is 13.3. The van der Waals surface area contributed by atoms with Crippen LogP contribution in [0.2, 0.25) is 0 Å². The van der Waals surface area contributed by atoms with Crippen LogP contribution in [-0.4, -0.2) is 31.0 Å². The first-order valence-electron chi connectivity index (χ1n) is 7.39. The number of rotatable bonds is 7. The van der Waals surface area contributed by atoms with Crippen molar-refractivity contribution in [2.45, 2.75) is 18.1 Å². The zero-order chi connectivity index (χ0) is 20.3. The summed E-state index contributed by atoms with van der Waals surface area (Å²) < 4.78 is 94.1. The molecule has 0 amide bonds. The third-order valence-corrected chi connectivity index (χ3v) is 3.44. The molecule has 0 spiro atoms. The highest BCUT2D eigenvalue weighted by Gasteiger charge is 2.73.